The van der Waals surface area contributed by atoms with Crippen LogP contribution in [-0.4, -0.2) is 28.9 Å². The third-order valence-electron chi connectivity index (χ3n) is 4.50. The average molecular weight is 469 g/mol. The second kappa shape index (κ2) is 10.3. The van der Waals surface area contributed by atoms with E-state index in [4.69, 9.17) is 9.47 Å². The lowest BCUT2D eigenvalue weighted by Crippen LogP contribution is -2.16. The molecule has 6 nitrogen and oxygen atoms in total. The first-order valence-corrected chi connectivity index (χ1v) is 9.97. The largest absolute Gasteiger partial charge is 0.490 e. The number of benzene rings is 2. The Morgan fingerprint density at radius 2 is 1.52 bits per heavy atom. The normalized spacial score (nSPS) is 10.9. The molecule has 1 amide bonds. The van der Waals surface area contributed by atoms with Crippen LogP contribution in [0.1, 0.15) is 25.0 Å². The van der Waals surface area contributed by atoms with Crippen LogP contribution in [0.4, 0.5) is 27.8 Å². The van der Waals surface area contributed by atoms with Gasteiger partial charge in [0.05, 0.1) is 31.7 Å². The smallest absolute Gasteiger partial charge is 0.229 e. The minimum absolute atomic E-state index is 0.0308. The summed E-state index contributed by atoms with van der Waals surface area (Å²) in [6.45, 7) is 3.79. The molecule has 176 valence electrons. The Balaban J connectivity index is 1.69. The van der Waals surface area contributed by atoms with Crippen molar-refractivity contribution in [1.82, 2.24) is 9.78 Å². The van der Waals surface area contributed by atoms with Gasteiger partial charge in [-0.25, -0.2) is 22.0 Å². The zero-order chi connectivity index (χ0) is 24.1. The van der Waals surface area contributed by atoms with Crippen molar-refractivity contribution in [1.29, 1.82) is 0 Å². The van der Waals surface area contributed by atoms with Crippen molar-refractivity contribution >= 4 is 11.7 Å². The summed E-state index contributed by atoms with van der Waals surface area (Å²) in [5, 5.41) is 6.41. The third-order valence-corrected chi connectivity index (χ3v) is 4.50. The number of rotatable bonds is 9. The molecule has 0 aliphatic rings. The summed E-state index contributed by atoms with van der Waals surface area (Å²) in [6.07, 6.45) is 1.20. The molecule has 0 aliphatic carbocycles. The highest BCUT2D eigenvalue weighted by Gasteiger charge is 2.26. The van der Waals surface area contributed by atoms with Crippen molar-refractivity contribution in [2.45, 2.75) is 26.8 Å². The summed E-state index contributed by atoms with van der Waals surface area (Å²) >= 11 is 0. The van der Waals surface area contributed by atoms with E-state index in [-0.39, 0.29) is 12.2 Å². The quantitative estimate of drug-likeness (QED) is 0.283. The van der Waals surface area contributed by atoms with Crippen LogP contribution in [0.3, 0.4) is 0 Å². The van der Waals surface area contributed by atoms with Crippen molar-refractivity contribution in [2.75, 3.05) is 18.5 Å². The van der Waals surface area contributed by atoms with Gasteiger partial charge in [-0.2, -0.15) is 5.10 Å². The minimum Gasteiger partial charge on any atom is -0.490 e. The third kappa shape index (κ3) is 5.41. The fourth-order valence-electron chi connectivity index (χ4n) is 3.05. The van der Waals surface area contributed by atoms with Crippen LogP contribution in [0.15, 0.2) is 30.5 Å². The lowest BCUT2D eigenvalue weighted by molar-refractivity contribution is -0.115. The van der Waals surface area contributed by atoms with Crippen LogP contribution in [0.5, 0.6) is 11.5 Å². The predicted octanol–water partition coefficient (Wildman–Crippen LogP) is 4.61. The molecule has 0 bridgehead atoms. The number of ether oxygens (including phenoxy) is 2. The van der Waals surface area contributed by atoms with E-state index < -0.39 is 47.1 Å². The van der Waals surface area contributed by atoms with E-state index in [1.807, 2.05) is 13.8 Å². The summed E-state index contributed by atoms with van der Waals surface area (Å²) in [7, 11) is 0. The van der Waals surface area contributed by atoms with Gasteiger partial charge < -0.3 is 14.8 Å². The fourth-order valence-corrected chi connectivity index (χ4v) is 3.05. The Labute approximate surface area is 185 Å². The number of aromatic nitrogens is 2. The van der Waals surface area contributed by atoms with E-state index in [0.29, 0.717) is 30.3 Å². The maximum Gasteiger partial charge on any atom is 0.229 e. The van der Waals surface area contributed by atoms with Crippen LogP contribution in [-0.2, 0) is 17.8 Å². The first-order chi connectivity index (χ1) is 15.7. The second-order valence-electron chi connectivity index (χ2n) is 6.82. The number of hydrogen-bond donors (Lipinski definition) is 1. The van der Waals surface area contributed by atoms with Crippen molar-refractivity contribution in [3.8, 4) is 11.5 Å². The van der Waals surface area contributed by atoms with Crippen LogP contribution in [0.25, 0.3) is 0 Å². The highest BCUT2D eigenvalue weighted by molar-refractivity contribution is 5.91. The van der Waals surface area contributed by atoms with Crippen LogP contribution < -0.4 is 14.8 Å². The SMILES string of the molecule is CCOc1ccc(CC(=O)Nc2ccn(Cc3c(F)c(F)c(F)c(F)c3F)n2)cc1OCC. The molecule has 0 fully saturated rings. The molecule has 11 heteroatoms. The van der Waals surface area contributed by atoms with Gasteiger partial charge >= 0.3 is 0 Å². The molecule has 0 saturated heterocycles. The molecule has 0 atom stereocenters. The zero-order valence-corrected chi connectivity index (χ0v) is 17.7. The van der Waals surface area contributed by atoms with Gasteiger partial charge in [-0.15, -0.1) is 0 Å². The van der Waals surface area contributed by atoms with Crippen molar-refractivity contribution in [2.24, 2.45) is 0 Å². The molecule has 3 aromatic rings. The molecule has 2 aromatic carbocycles. The highest BCUT2D eigenvalue weighted by Crippen LogP contribution is 2.29. The Bertz CT molecular complexity index is 1140. The first kappa shape index (κ1) is 24.0. The average Bonchev–Trinajstić information content (AvgIpc) is 3.22. The Morgan fingerprint density at radius 3 is 2.15 bits per heavy atom. The highest BCUT2D eigenvalue weighted by atomic mass is 19.2. The number of carbonyl (C=O) groups is 1. The van der Waals surface area contributed by atoms with E-state index in [2.05, 4.69) is 10.4 Å². The van der Waals surface area contributed by atoms with Gasteiger partial charge in [-0.1, -0.05) is 6.07 Å². The monoisotopic (exact) mass is 469 g/mol. The molecular formula is C22H20F5N3O3. The van der Waals surface area contributed by atoms with E-state index in [1.165, 1.54) is 12.3 Å². The number of carbonyl (C=O) groups excluding carboxylic acids is 1. The molecule has 3 rings (SSSR count). The molecular weight excluding hydrogens is 449 g/mol. The molecule has 1 heterocycles. The topological polar surface area (TPSA) is 65.4 Å². The molecule has 0 spiro atoms. The number of halogens is 5. The molecule has 1 aromatic heterocycles. The van der Waals surface area contributed by atoms with E-state index in [0.717, 1.165) is 4.68 Å². The maximum absolute atomic E-state index is 13.9. The Hall–Kier alpha value is -3.63. The molecule has 0 radical (unpaired) electrons. The standard InChI is InChI=1S/C22H20F5N3O3/c1-3-32-14-6-5-12(9-15(14)33-4-2)10-17(31)28-16-7-8-30(29-16)11-13-18(23)20(25)22(27)21(26)19(13)24/h5-9H,3-4,10-11H2,1-2H3,(H,28,29,31). The lowest BCUT2D eigenvalue weighted by atomic mass is 10.1. The van der Waals surface area contributed by atoms with Crippen LogP contribution in [0, 0.1) is 29.1 Å². The molecule has 0 saturated carbocycles. The summed E-state index contributed by atoms with van der Waals surface area (Å²) in [5.74, 6) is -9.53. The summed E-state index contributed by atoms with van der Waals surface area (Å²) in [6, 6.07) is 6.40. The molecule has 33 heavy (non-hydrogen) atoms. The summed E-state index contributed by atoms with van der Waals surface area (Å²) in [5.41, 5.74) is -0.398. The van der Waals surface area contributed by atoms with Gasteiger partial charge in [0.2, 0.25) is 11.7 Å². The predicted molar refractivity (Wildman–Crippen MR) is 109 cm³/mol. The Morgan fingerprint density at radius 1 is 0.909 bits per heavy atom. The maximum atomic E-state index is 13.9. The van der Waals surface area contributed by atoms with E-state index in [9.17, 15) is 26.7 Å². The van der Waals surface area contributed by atoms with E-state index in [1.54, 1.807) is 18.2 Å². The number of nitrogens with zero attached hydrogens (tertiary/aromatic N) is 2. The summed E-state index contributed by atoms with van der Waals surface area (Å²) in [4.78, 5) is 12.4. The number of nitrogens with one attached hydrogen (secondary N) is 1. The van der Waals surface area contributed by atoms with Gasteiger partial charge in [0, 0.05) is 12.3 Å². The second-order valence-corrected chi connectivity index (χ2v) is 6.82. The van der Waals surface area contributed by atoms with Gasteiger partial charge in [0.15, 0.2) is 40.6 Å². The van der Waals surface area contributed by atoms with Crippen LogP contribution in [0.2, 0.25) is 0 Å². The van der Waals surface area contributed by atoms with E-state index >= 15 is 0 Å². The Kier molecular flexibility index (Phi) is 7.52. The van der Waals surface area contributed by atoms with Crippen molar-refractivity contribution < 1.29 is 36.2 Å². The lowest BCUT2D eigenvalue weighted by Gasteiger charge is -2.12. The van der Waals surface area contributed by atoms with Gasteiger partial charge in [0.25, 0.3) is 0 Å². The molecule has 1 N–H and O–H groups in total. The van der Waals surface area contributed by atoms with Crippen molar-refractivity contribution in [3.05, 3.63) is 70.7 Å². The molecule has 0 aliphatic heterocycles. The zero-order valence-electron chi connectivity index (χ0n) is 17.7. The number of amides is 1. The van der Waals surface area contributed by atoms with Crippen LogP contribution >= 0.6 is 0 Å². The minimum atomic E-state index is -2.23. The van der Waals surface area contributed by atoms with Gasteiger partial charge in [-0.05, 0) is 31.5 Å². The summed E-state index contributed by atoms with van der Waals surface area (Å²) < 4.78 is 79.6. The first-order valence-electron chi connectivity index (χ1n) is 9.97. The van der Waals surface area contributed by atoms with Gasteiger partial charge in [0.1, 0.15) is 0 Å². The molecule has 0 unspecified atom stereocenters. The van der Waals surface area contributed by atoms with Crippen molar-refractivity contribution in [3.63, 3.8) is 0 Å². The van der Waals surface area contributed by atoms with Gasteiger partial charge in [-0.3, -0.25) is 9.48 Å². The number of hydrogen-bond acceptors (Lipinski definition) is 4. The fraction of sp³-hybridized carbons (Fsp3) is 0.273. The number of anilines is 1.